The lowest BCUT2D eigenvalue weighted by Gasteiger charge is -2.35. The average Bonchev–Trinajstić information content (AvgIpc) is 2.26. The third-order valence-corrected chi connectivity index (χ3v) is 5.47. The van der Waals surface area contributed by atoms with Crippen molar-refractivity contribution in [2.45, 2.75) is 32.6 Å². The van der Waals surface area contributed by atoms with Crippen LogP contribution in [0.25, 0.3) is 0 Å². The van der Waals surface area contributed by atoms with E-state index in [1.807, 2.05) is 0 Å². The van der Waals surface area contributed by atoms with Crippen molar-refractivity contribution in [3.63, 3.8) is 0 Å². The molecular formula is C11H21BrOS. The predicted molar refractivity (Wildman–Crippen MR) is 68.5 cm³/mol. The Hall–Kier alpha value is 0.790. The highest BCUT2D eigenvalue weighted by molar-refractivity contribution is 9.09. The molecule has 0 aliphatic carbocycles. The van der Waals surface area contributed by atoms with Crippen LogP contribution < -0.4 is 0 Å². The van der Waals surface area contributed by atoms with Crippen molar-refractivity contribution < 1.29 is 4.74 Å². The predicted octanol–water partition coefficient (Wildman–Crippen LogP) is 3.71. The van der Waals surface area contributed by atoms with Gasteiger partial charge in [0.2, 0.25) is 0 Å². The maximum absolute atomic E-state index is 5.42. The zero-order chi connectivity index (χ0) is 10.3. The Morgan fingerprint density at radius 2 is 2.07 bits per heavy atom. The van der Waals surface area contributed by atoms with Crippen LogP contribution in [0.1, 0.15) is 32.6 Å². The van der Waals surface area contributed by atoms with Gasteiger partial charge >= 0.3 is 0 Å². The second-order valence-corrected chi connectivity index (χ2v) is 5.82. The van der Waals surface area contributed by atoms with Crippen LogP contribution in [0.15, 0.2) is 0 Å². The molecule has 14 heavy (non-hydrogen) atoms. The zero-order valence-electron chi connectivity index (χ0n) is 9.06. The second kappa shape index (κ2) is 7.13. The Morgan fingerprint density at radius 3 is 2.64 bits per heavy atom. The number of hydrogen-bond donors (Lipinski definition) is 0. The minimum Gasteiger partial charge on any atom is -0.381 e. The fourth-order valence-corrected chi connectivity index (χ4v) is 4.14. The summed E-state index contributed by atoms with van der Waals surface area (Å²) in [6.45, 7) is 4.18. The van der Waals surface area contributed by atoms with Gasteiger partial charge in [-0.05, 0) is 36.2 Å². The summed E-state index contributed by atoms with van der Waals surface area (Å²) in [7, 11) is 0. The molecule has 3 heteroatoms. The molecule has 1 aliphatic rings. The van der Waals surface area contributed by atoms with Crippen LogP contribution in [0.3, 0.4) is 0 Å². The van der Waals surface area contributed by atoms with Crippen LogP contribution in [0.2, 0.25) is 0 Å². The molecule has 0 N–H and O–H groups in total. The van der Waals surface area contributed by atoms with Gasteiger partial charge in [0.1, 0.15) is 0 Å². The van der Waals surface area contributed by atoms with Crippen molar-refractivity contribution in [1.82, 2.24) is 0 Å². The Labute approximate surface area is 100 Å². The van der Waals surface area contributed by atoms with Crippen molar-refractivity contribution in [1.29, 1.82) is 0 Å². The molecule has 0 spiro atoms. The Kier molecular flexibility index (Phi) is 6.55. The van der Waals surface area contributed by atoms with Gasteiger partial charge in [-0.2, -0.15) is 11.8 Å². The lowest BCUT2D eigenvalue weighted by molar-refractivity contribution is 0.0374. The summed E-state index contributed by atoms with van der Waals surface area (Å²) in [6, 6.07) is 0. The number of halogens is 1. The fraction of sp³-hybridized carbons (Fsp3) is 1.00. The molecule has 0 unspecified atom stereocenters. The first-order valence-corrected chi connectivity index (χ1v) is 7.82. The van der Waals surface area contributed by atoms with Gasteiger partial charge in [-0.15, -0.1) is 0 Å². The van der Waals surface area contributed by atoms with Crippen molar-refractivity contribution in [3.8, 4) is 0 Å². The minimum absolute atomic E-state index is 0.524. The van der Waals surface area contributed by atoms with Crippen molar-refractivity contribution in [2.75, 3.05) is 30.0 Å². The van der Waals surface area contributed by atoms with Gasteiger partial charge in [0.05, 0.1) is 0 Å². The molecular weight excluding hydrogens is 260 g/mol. The molecule has 0 aromatic carbocycles. The molecule has 0 aromatic heterocycles. The van der Waals surface area contributed by atoms with E-state index in [2.05, 4.69) is 34.6 Å². The van der Waals surface area contributed by atoms with E-state index < -0.39 is 0 Å². The monoisotopic (exact) mass is 280 g/mol. The number of rotatable bonds is 6. The van der Waals surface area contributed by atoms with Crippen molar-refractivity contribution in [2.24, 2.45) is 5.41 Å². The lowest BCUT2D eigenvalue weighted by atomic mass is 9.85. The number of hydrogen-bond acceptors (Lipinski definition) is 2. The minimum atomic E-state index is 0.524. The molecule has 1 nitrogen and oxygen atoms in total. The van der Waals surface area contributed by atoms with Crippen LogP contribution in [-0.4, -0.2) is 30.0 Å². The van der Waals surface area contributed by atoms with E-state index in [4.69, 9.17) is 4.74 Å². The number of thioether (sulfide) groups is 1. The first-order valence-electron chi connectivity index (χ1n) is 5.54. The second-order valence-electron chi connectivity index (χ2n) is 4.15. The molecule has 0 amide bonds. The van der Waals surface area contributed by atoms with Gasteiger partial charge in [-0.3, -0.25) is 0 Å². The summed E-state index contributed by atoms with van der Waals surface area (Å²) < 4.78 is 5.42. The van der Waals surface area contributed by atoms with E-state index >= 15 is 0 Å². The average molecular weight is 281 g/mol. The maximum atomic E-state index is 5.42. The summed E-state index contributed by atoms with van der Waals surface area (Å²) in [5.74, 6) is 2.63. The SMILES string of the molecule is CCCCSCC1(CBr)CCOCC1. The van der Waals surface area contributed by atoms with Crippen LogP contribution >= 0.6 is 27.7 Å². The molecule has 1 rings (SSSR count). The van der Waals surface area contributed by atoms with E-state index in [-0.39, 0.29) is 0 Å². The summed E-state index contributed by atoms with van der Waals surface area (Å²) in [5, 5.41) is 1.14. The molecule has 1 aliphatic heterocycles. The Morgan fingerprint density at radius 1 is 1.36 bits per heavy atom. The first-order chi connectivity index (χ1) is 6.83. The summed E-state index contributed by atoms with van der Waals surface area (Å²) in [5.41, 5.74) is 0.524. The maximum Gasteiger partial charge on any atom is 0.0471 e. The van der Waals surface area contributed by atoms with E-state index in [1.54, 1.807) is 0 Å². The van der Waals surface area contributed by atoms with Crippen LogP contribution in [0.4, 0.5) is 0 Å². The quantitative estimate of drug-likeness (QED) is 0.542. The number of alkyl halides is 1. The summed E-state index contributed by atoms with van der Waals surface area (Å²) >= 11 is 5.79. The normalized spacial score (nSPS) is 21.0. The summed E-state index contributed by atoms with van der Waals surface area (Å²) in [4.78, 5) is 0. The highest BCUT2D eigenvalue weighted by atomic mass is 79.9. The van der Waals surface area contributed by atoms with Gasteiger partial charge in [0, 0.05) is 18.5 Å². The third-order valence-electron chi connectivity index (χ3n) is 2.89. The van der Waals surface area contributed by atoms with Gasteiger partial charge in [0.15, 0.2) is 0 Å². The lowest BCUT2D eigenvalue weighted by Crippen LogP contribution is -2.33. The zero-order valence-corrected chi connectivity index (χ0v) is 11.5. The van der Waals surface area contributed by atoms with E-state index in [0.717, 1.165) is 18.5 Å². The highest BCUT2D eigenvalue weighted by Crippen LogP contribution is 2.36. The topological polar surface area (TPSA) is 9.23 Å². The van der Waals surface area contributed by atoms with Crippen LogP contribution in [0, 0.1) is 5.41 Å². The largest absolute Gasteiger partial charge is 0.381 e. The Balaban J connectivity index is 2.22. The van der Waals surface area contributed by atoms with Gasteiger partial charge in [-0.1, -0.05) is 29.3 Å². The number of ether oxygens (including phenoxy) is 1. The molecule has 0 aromatic rings. The number of unbranched alkanes of at least 4 members (excludes halogenated alkanes) is 1. The molecule has 0 atom stereocenters. The van der Waals surface area contributed by atoms with Gasteiger partial charge < -0.3 is 4.74 Å². The van der Waals surface area contributed by atoms with Gasteiger partial charge in [-0.25, -0.2) is 0 Å². The summed E-state index contributed by atoms with van der Waals surface area (Å²) in [6.07, 6.45) is 5.14. The molecule has 0 bridgehead atoms. The first kappa shape index (κ1) is 12.9. The molecule has 84 valence electrons. The standard InChI is InChI=1S/C11H21BrOS/c1-2-3-8-14-10-11(9-12)4-6-13-7-5-11/h2-10H2,1H3. The van der Waals surface area contributed by atoms with Crippen molar-refractivity contribution in [3.05, 3.63) is 0 Å². The Bertz CT molecular complexity index is 146. The molecule has 1 saturated heterocycles. The van der Waals surface area contributed by atoms with E-state index in [0.29, 0.717) is 5.41 Å². The molecule has 0 radical (unpaired) electrons. The highest BCUT2D eigenvalue weighted by Gasteiger charge is 2.31. The molecule has 0 saturated carbocycles. The van der Waals surface area contributed by atoms with Crippen LogP contribution in [-0.2, 0) is 4.74 Å². The van der Waals surface area contributed by atoms with Gasteiger partial charge in [0.25, 0.3) is 0 Å². The van der Waals surface area contributed by atoms with E-state index in [9.17, 15) is 0 Å². The molecule has 1 fully saturated rings. The van der Waals surface area contributed by atoms with E-state index in [1.165, 1.54) is 37.2 Å². The molecule has 1 heterocycles. The third kappa shape index (κ3) is 4.11. The van der Waals surface area contributed by atoms with Crippen LogP contribution in [0.5, 0.6) is 0 Å². The smallest absolute Gasteiger partial charge is 0.0471 e. The fourth-order valence-electron chi connectivity index (χ4n) is 1.66. The van der Waals surface area contributed by atoms with Crippen molar-refractivity contribution >= 4 is 27.7 Å².